The molecule has 0 radical (unpaired) electrons. The minimum absolute atomic E-state index is 0.104. The monoisotopic (exact) mass is 1250 g/mol. The Kier molecular flexibility index (Phi) is 54.8. The third kappa shape index (κ3) is 59.5. The SMILES string of the molecule is CCC(C)CCCCCCCCC(=O)OC[C@H](COP(=O)(O)OC[C@H](O)COP(=O)(O)OC[C@@H](COC(=O)CCCCCCCCCCC(C)C)OC(=O)CCCCCCCCCCCC(C)C)OC(=O)CCCCCCCCCCCC(C)C. The fraction of sp³-hybridized carbons (Fsp3) is 0.939. The molecule has 0 saturated heterocycles. The highest BCUT2D eigenvalue weighted by molar-refractivity contribution is 7.47. The summed E-state index contributed by atoms with van der Waals surface area (Å²) in [5.41, 5.74) is 0. The fourth-order valence-electron chi connectivity index (χ4n) is 9.75. The normalized spacial score (nSPS) is 14.7. The molecule has 0 spiro atoms. The molecular formula is C66H128O17P2. The maximum atomic E-state index is 13.0. The molecule has 0 aliphatic heterocycles. The summed E-state index contributed by atoms with van der Waals surface area (Å²) in [6.07, 6.45) is 36.3. The van der Waals surface area contributed by atoms with Gasteiger partial charge in [-0.15, -0.1) is 0 Å². The number of esters is 4. The first kappa shape index (κ1) is 83.1. The number of aliphatic hydroxyl groups excluding tert-OH is 1. The topological polar surface area (TPSA) is 237 Å². The molecule has 0 aromatic heterocycles. The molecule has 0 aliphatic rings. The maximum absolute atomic E-state index is 13.0. The zero-order valence-corrected chi connectivity index (χ0v) is 57.0. The van der Waals surface area contributed by atoms with E-state index >= 15 is 0 Å². The van der Waals surface area contributed by atoms with Gasteiger partial charge in [0.15, 0.2) is 12.2 Å². The molecule has 17 nitrogen and oxygen atoms in total. The molecule has 85 heavy (non-hydrogen) atoms. The van der Waals surface area contributed by atoms with Crippen molar-refractivity contribution in [3.8, 4) is 0 Å². The van der Waals surface area contributed by atoms with Gasteiger partial charge in [0, 0.05) is 25.7 Å². The molecule has 0 rings (SSSR count). The third-order valence-corrected chi connectivity index (χ3v) is 17.3. The van der Waals surface area contributed by atoms with Gasteiger partial charge in [-0.05, 0) is 49.4 Å². The minimum Gasteiger partial charge on any atom is -0.462 e. The second-order valence-corrected chi connectivity index (χ2v) is 28.4. The van der Waals surface area contributed by atoms with E-state index in [1.807, 2.05) is 0 Å². The lowest BCUT2D eigenvalue weighted by atomic mass is 10.00. The van der Waals surface area contributed by atoms with Gasteiger partial charge >= 0.3 is 39.5 Å². The first-order valence-corrected chi connectivity index (χ1v) is 37.2. The Morgan fingerprint density at radius 3 is 0.835 bits per heavy atom. The number of carbonyl (C=O) groups is 4. The van der Waals surface area contributed by atoms with Crippen molar-refractivity contribution in [2.45, 2.75) is 337 Å². The second-order valence-electron chi connectivity index (χ2n) is 25.5. The van der Waals surface area contributed by atoms with Gasteiger partial charge in [0.05, 0.1) is 26.4 Å². The summed E-state index contributed by atoms with van der Waals surface area (Å²) in [4.78, 5) is 72.3. The first-order chi connectivity index (χ1) is 40.6. The minimum atomic E-state index is -4.95. The van der Waals surface area contributed by atoms with Crippen LogP contribution in [0.1, 0.15) is 319 Å². The average Bonchev–Trinajstić information content (AvgIpc) is 3.61. The molecule has 3 unspecified atom stereocenters. The Bertz CT molecular complexity index is 1700. The van der Waals surface area contributed by atoms with E-state index in [9.17, 15) is 43.2 Å². The van der Waals surface area contributed by atoms with E-state index in [1.54, 1.807) is 0 Å². The molecule has 6 atom stereocenters. The highest BCUT2D eigenvalue weighted by atomic mass is 31.2. The zero-order valence-electron chi connectivity index (χ0n) is 55.2. The molecule has 0 amide bonds. The Morgan fingerprint density at radius 2 is 0.565 bits per heavy atom. The number of ether oxygens (including phenoxy) is 4. The quantitative estimate of drug-likeness (QED) is 0.0222. The Labute approximate surface area is 517 Å². The number of rotatable bonds is 63. The van der Waals surface area contributed by atoms with E-state index in [0.29, 0.717) is 25.7 Å². The predicted molar refractivity (Wildman–Crippen MR) is 340 cm³/mol. The van der Waals surface area contributed by atoms with Crippen LogP contribution in [0.3, 0.4) is 0 Å². The molecule has 19 heteroatoms. The summed E-state index contributed by atoms with van der Waals surface area (Å²) in [7, 11) is -9.89. The Balaban J connectivity index is 5.27. The Hall–Kier alpha value is -1.94. The third-order valence-electron chi connectivity index (χ3n) is 15.4. The van der Waals surface area contributed by atoms with Crippen molar-refractivity contribution < 1.29 is 80.2 Å². The van der Waals surface area contributed by atoms with E-state index in [4.69, 9.17) is 37.0 Å². The van der Waals surface area contributed by atoms with Crippen LogP contribution in [0.25, 0.3) is 0 Å². The Morgan fingerprint density at radius 1 is 0.329 bits per heavy atom. The molecule has 0 aromatic carbocycles. The van der Waals surface area contributed by atoms with Crippen LogP contribution in [0.15, 0.2) is 0 Å². The standard InChI is InChI=1S/C66H128O17P2/c1-9-59(8)45-37-29-24-25-31-39-47-64(69)77-53-62(83-66(71)49-41-33-23-15-11-13-19-27-35-43-57(4)5)55-81-85(74,75)79-51-60(67)50-78-84(72,73)80-54-61(52-76-63(68)46-38-30-21-17-16-20-28-36-44-58(6)7)82-65(70)48-40-32-22-14-10-12-18-26-34-42-56(2)3/h56-62,67H,9-55H2,1-8H3,(H,72,73)(H,74,75)/t59?,60-,61-,62-/m1/s1. The lowest BCUT2D eigenvalue weighted by Crippen LogP contribution is -2.30. The van der Waals surface area contributed by atoms with Crippen molar-refractivity contribution in [3.63, 3.8) is 0 Å². The summed E-state index contributed by atoms with van der Waals surface area (Å²) in [5, 5.41) is 10.6. The summed E-state index contributed by atoms with van der Waals surface area (Å²) in [5.74, 6) is 0.793. The number of aliphatic hydroxyl groups is 1. The summed E-state index contributed by atoms with van der Waals surface area (Å²) in [6, 6.07) is 0. The summed E-state index contributed by atoms with van der Waals surface area (Å²) < 4.78 is 68.1. The number of hydrogen-bond acceptors (Lipinski definition) is 15. The van der Waals surface area contributed by atoms with Crippen molar-refractivity contribution in [2.24, 2.45) is 23.7 Å². The van der Waals surface area contributed by atoms with Crippen LogP contribution in [0.5, 0.6) is 0 Å². The van der Waals surface area contributed by atoms with Crippen LogP contribution in [-0.2, 0) is 65.4 Å². The van der Waals surface area contributed by atoms with E-state index in [-0.39, 0.29) is 25.7 Å². The van der Waals surface area contributed by atoms with Crippen LogP contribution in [0.2, 0.25) is 0 Å². The van der Waals surface area contributed by atoms with Crippen LogP contribution >= 0.6 is 15.6 Å². The van der Waals surface area contributed by atoms with Gasteiger partial charge in [0.25, 0.3) is 0 Å². The molecule has 0 heterocycles. The molecule has 504 valence electrons. The largest absolute Gasteiger partial charge is 0.472 e. The molecule has 0 aromatic rings. The van der Waals surface area contributed by atoms with Gasteiger partial charge in [-0.2, -0.15) is 0 Å². The zero-order chi connectivity index (χ0) is 63.2. The lowest BCUT2D eigenvalue weighted by molar-refractivity contribution is -0.161. The fourth-order valence-corrected chi connectivity index (χ4v) is 11.3. The van der Waals surface area contributed by atoms with Crippen LogP contribution in [-0.4, -0.2) is 96.7 Å². The number of carbonyl (C=O) groups excluding carboxylic acids is 4. The van der Waals surface area contributed by atoms with Crippen LogP contribution in [0.4, 0.5) is 0 Å². The highest BCUT2D eigenvalue weighted by Gasteiger charge is 2.30. The molecule has 3 N–H and O–H groups in total. The van der Waals surface area contributed by atoms with Gasteiger partial charge < -0.3 is 33.8 Å². The summed E-state index contributed by atoms with van der Waals surface area (Å²) in [6.45, 7) is 14.0. The van der Waals surface area contributed by atoms with Crippen LogP contribution < -0.4 is 0 Å². The van der Waals surface area contributed by atoms with E-state index in [2.05, 4.69) is 55.4 Å². The van der Waals surface area contributed by atoms with Crippen molar-refractivity contribution in [3.05, 3.63) is 0 Å². The van der Waals surface area contributed by atoms with E-state index in [0.717, 1.165) is 120 Å². The van der Waals surface area contributed by atoms with Gasteiger partial charge in [-0.1, -0.05) is 267 Å². The number of phosphoric acid groups is 2. The molecular weight excluding hydrogens is 1130 g/mol. The van der Waals surface area contributed by atoms with Crippen molar-refractivity contribution in [1.29, 1.82) is 0 Å². The molecule has 0 bridgehead atoms. The van der Waals surface area contributed by atoms with Crippen molar-refractivity contribution in [2.75, 3.05) is 39.6 Å². The predicted octanol–water partition coefficient (Wildman–Crippen LogP) is 18.1. The van der Waals surface area contributed by atoms with Gasteiger partial charge in [-0.25, -0.2) is 9.13 Å². The molecule has 0 fully saturated rings. The number of hydrogen-bond donors (Lipinski definition) is 3. The summed E-state index contributed by atoms with van der Waals surface area (Å²) >= 11 is 0. The van der Waals surface area contributed by atoms with Crippen LogP contribution in [0, 0.1) is 23.7 Å². The number of unbranched alkanes of at least 4 members (excludes halogenated alkanes) is 28. The number of phosphoric ester groups is 2. The van der Waals surface area contributed by atoms with E-state index in [1.165, 1.54) is 116 Å². The first-order valence-electron chi connectivity index (χ1n) is 34.2. The van der Waals surface area contributed by atoms with Gasteiger partial charge in [0.2, 0.25) is 0 Å². The van der Waals surface area contributed by atoms with Crippen molar-refractivity contribution in [1.82, 2.24) is 0 Å². The molecule has 0 aliphatic carbocycles. The van der Waals surface area contributed by atoms with Gasteiger partial charge in [-0.3, -0.25) is 37.3 Å². The molecule has 0 saturated carbocycles. The van der Waals surface area contributed by atoms with E-state index < -0.39 is 97.5 Å². The second kappa shape index (κ2) is 56.1. The highest BCUT2D eigenvalue weighted by Crippen LogP contribution is 2.45. The average molecular weight is 1260 g/mol. The maximum Gasteiger partial charge on any atom is 0.472 e. The van der Waals surface area contributed by atoms with Crippen molar-refractivity contribution >= 4 is 39.5 Å². The smallest absolute Gasteiger partial charge is 0.462 e. The lowest BCUT2D eigenvalue weighted by Gasteiger charge is -2.21. The van der Waals surface area contributed by atoms with Gasteiger partial charge in [0.1, 0.15) is 19.3 Å².